The molecule has 2 N–H and O–H groups in total. The molecule has 0 aromatic heterocycles. The number of piperazine rings is 1. The van der Waals surface area contributed by atoms with E-state index in [9.17, 15) is 19.8 Å². The number of rotatable bonds is 2. The molecular formula is C23H26N2O5. The van der Waals surface area contributed by atoms with Crippen molar-refractivity contribution in [2.75, 3.05) is 13.7 Å². The third-order valence-corrected chi connectivity index (χ3v) is 6.83. The highest BCUT2D eigenvalue weighted by molar-refractivity contribution is 6.03. The molecule has 0 bridgehead atoms. The van der Waals surface area contributed by atoms with Gasteiger partial charge in [0.05, 0.1) is 13.2 Å². The molecule has 7 nitrogen and oxygen atoms in total. The zero-order valence-corrected chi connectivity index (χ0v) is 17.4. The lowest BCUT2D eigenvalue weighted by Crippen LogP contribution is -2.77. The number of allylic oxidation sites excluding steroid dienone is 1. The highest BCUT2D eigenvalue weighted by Gasteiger charge is 2.65. The number of aliphatic hydroxyl groups excluding tert-OH is 1. The Morgan fingerprint density at radius 2 is 2.07 bits per heavy atom. The van der Waals surface area contributed by atoms with Crippen LogP contribution in [0.1, 0.15) is 37.8 Å². The van der Waals surface area contributed by atoms with E-state index in [0.29, 0.717) is 37.1 Å². The van der Waals surface area contributed by atoms with Crippen LogP contribution >= 0.6 is 0 Å². The minimum Gasteiger partial charge on any atom is -0.497 e. The van der Waals surface area contributed by atoms with Crippen molar-refractivity contribution in [2.24, 2.45) is 0 Å². The molecule has 7 heteroatoms. The molecule has 3 heterocycles. The Labute approximate surface area is 175 Å². The van der Waals surface area contributed by atoms with Crippen molar-refractivity contribution in [2.45, 2.75) is 57.0 Å². The van der Waals surface area contributed by atoms with Gasteiger partial charge >= 0.3 is 0 Å². The highest BCUT2D eigenvalue weighted by atomic mass is 16.5. The third kappa shape index (κ3) is 2.33. The van der Waals surface area contributed by atoms with E-state index in [2.05, 4.69) is 0 Å². The molecule has 0 saturated carbocycles. The summed E-state index contributed by atoms with van der Waals surface area (Å²) in [6, 6.07) is 4.41. The lowest BCUT2D eigenvalue weighted by molar-refractivity contribution is -0.217. The summed E-state index contributed by atoms with van der Waals surface area (Å²) in [5.41, 5.74) is 1.80. The van der Waals surface area contributed by atoms with Gasteiger partial charge in [0, 0.05) is 6.54 Å². The van der Waals surface area contributed by atoms with Crippen molar-refractivity contribution >= 4 is 17.4 Å². The molecule has 158 valence electrons. The lowest BCUT2D eigenvalue weighted by atomic mass is 9.80. The van der Waals surface area contributed by atoms with Crippen molar-refractivity contribution in [3.63, 3.8) is 0 Å². The van der Waals surface area contributed by atoms with Gasteiger partial charge in [-0.3, -0.25) is 14.5 Å². The second-order valence-electron chi connectivity index (χ2n) is 8.82. The van der Waals surface area contributed by atoms with Gasteiger partial charge in [0.1, 0.15) is 17.9 Å². The molecular weight excluding hydrogens is 384 g/mol. The van der Waals surface area contributed by atoms with Crippen LogP contribution in [-0.2, 0) is 16.0 Å². The van der Waals surface area contributed by atoms with Gasteiger partial charge in [-0.15, -0.1) is 0 Å². The molecule has 4 aliphatic rings. The summed E-state index contributed by atoms with van der Waals surface area (Å²) in [5.74, 6) is -0.180. The average molecular weight is 410 g/mol. The Morgan fingerprint density at radius 1 is 1.30 bits per heavy atom. The normalized spacial score (nSPS) is 32.0. The number of amides is 2. The van der Waals surface area contributed by atoms with Crippen LogP contribution in [0.2, 0.25) is 0 Å². The Bertz CT molecular complexity index is 1020. The minimum atomic E-state index is -2.31. The summed E-state index contributed by atoms with van der Waals surface area (Å²) >= 11 is 0. The van der Waals surface area contributed by atoms with Crippen molar-refractivity contribution < 1.29 is 24.5 Å². The van der Waals surface area contributed by atoms with Crippen molar-refractivity contribution in [1.82, 2.24) is 9.80 Å². The number of hydrogen-bond acceptors (Lipinski definition) is 5. The van der Waals surface area contributed by atoms with Gasteiger partial charge in [-0.05, 0) is 67.5 Å². The van der Waals surface area contributed by atoms with E-state index < -0.39 is 29.8 Å². The first-order chi connectivity index (χ1) is 14.3. The van der Waals surface area contributed by atoms with Crippen LogP contribution in [-0.4, -0.2) is 69.4 Å². The monoisotopic (exact) mass is 410 g/mol. The van der Waals surface area contributed by atoms with Crippen LogP contribution in [0, 0.1) is 0 Å². The summed E-state index contributed by atoms with van der Waals surface area (Å²) in [5, 5.41) is 23.0. The fraction of sp³-hybridized carbons (Fsp3) is 0.478. The van der Waals surface area contributed by atoms with Gasteiger partial charge in [0.25, 0.3) is 11.6 Å². The third-order valence-electron chi connectivity index (χ3n) is 6.83. The van der Waals surface area contributed by atoms with Gasteiger partial charge in [-0.1, -0.05) is 17.7 Å². The van der Waals surface area contributed by atoms with Gasteiger partial charge in [-0.25, -0.2) is 0 Å². The van der Waals surface area contributed by atoms with Crippen molar-refractivity contribution in [3.8, 4) is 5.75 Å². The second-order valence-corrected chi connectivity index (χ2v) is 8.82. The predicted octanol–water partition coefficient (Wildman–Crippen LogP) is 1.24. The largest absolute Gasteiger partial charge is 0.497 e. The van der Waals surface area contributed by atoms with Crippen LogP contribution in [0.4, 0.5) is 0 Å². The Balaban J connectivity index is 1.72. The first-order valence-electron chi connectivity index (χ1n) is 10.4. The summed E-state index contributed by atoms with van der Waals surface area (Å²) in [4.78, 5) is 29.6. The van der Waals surface area contributed by atoms with E-state index in [1.54, 1.807) is 13.2 Å². The molecule has 2 saturated heterocycles. The fourth-order valence-electron chi connectivity index (χ4n) is 5.52. The van der Waals surface area contributed by atoms with Crippen LogP contribution in [0.15, 0.2) is 35.4 Å². The molecule has 1 aromatic carbocycles. The number of benzene rings is 1. The summed E-state index contributed by atoms with van der Waals surface area (Å²) in [7, 11) is 1.60. The van der Waals surface area contributed by atoms with Crippen LogP contribution in [0.5, 0.6) is 5.75 Å². The fourth-order valence-corrected chi connectivity index (χ4v) is 5.52. The van der Waals surface area contributed by atoms with Crippen LogP contribution in [0.3, 0.4) is 0 Å². The average Bonchev–Trinajstić information content (AvgIpc) is 3.34. The number of hydrogen-bond donors (Lipinski definition) is 2. The molecule has 4 atom stereocenters. The number of carbonyl (C=O) groups excluding carboxylic acids is 2. The molecule has 0 unspecified atom stereocenters. The van der Waals surface area contributed by atoms with E-state index >= 15 is 0 Å². The predicted molar refractivity (Wildman–Crippen MR) is 109 cm³/mol. The second kappa shape index (κ2) is 6.43. The summed E-state index contributed by atoms with van der Waals surface area (Å²) in [6.45, 7) is 4.27. The zero-order valence-electron chi connectivity index (χ0n) is 17.4. The summed E-state index contributed by atoms with van der Waals surface area (Å²) in [6.07, 6.45) is 2.21. The zero-order chi connectivity index (χ0) is 21.4. The van der Waals surface area contributed by atoms with Gasteiger partial charge in [0.15, 0.2) is 0 Å². The Morgan fingerprint density at radius 3 is 2.77 bits per heavy atom. The maximum atomic E-state index is 13.5. The smallest absolute Gasteiger partial charge is 0.279 e. The maximum Gasteiger partial charge on any atom is 0.279 e. The number of aliphatic hydroxyl groups is 2. The summed E-state index contributed by atoms with van der Waals surface area (Å²) < 4.78 is 5.34. The molecule has 2 fully saturated rings. The van der Waals surface area contributed by atoms with Crippen molar-refractivity contribution in [1.29, 1.82) is 0 Å². The van der Waals surface area contributed by atoms with Gasteiger partial charge in [0.2, 0.25) is 5.91 Å². The molecule has 3 aliphatic heterocycles. The molecule has 0 radical (unpaired) electrons. The Hall–Kier alpha value is -2.64. The van der Waals surface area contributed by atoms with Gasteiger partial charge < -0.3 is 19.8 Å². The SMILES string of the molecule is COc1ccc2c(c1)CC1=C2[C@H](O)[C@@]2(O)C(=O)N3CCC[C@H]3C(=O)N2[C@H]1C=C(C)C. The van der Waals surface area contributed by atoms with E-state index in [0.717, 1.165) is 22.3 Å². The topological polar surface area (TPSA) is 90.3 Å². The molecule has 1 aromatic rings. The number of carbonyl (C=O) groups is 2. The molecule has 5 rings (SSSR count). The number of ether oxygens (including phenoxy) is 1. The van der Waals surface area contributed by atoms with E-state index in [1.165, 1.54) is 9.80 Å². The van der Waals surface area contributed by atoms with E-state index in [-0.39, 0.29) is 5.91 Å². The quantitative estimate of drug-likeness (QED) is 0.716. The molecule has 2 amide bonds. The highest BCUT2D eigenvalue weighted by Crippen LogP contribution is 2.50. The van der Waals surface area contributed by atoms with E-state index in [1.807, 2.05) is 32.1 Å². The molecule has 0 spiro atoms. The molecule has 30 heavy (non-hydrogen) atoms. The standard InChI is InChI=1S/C23H26N2O5/c1-12(2)9-18-16-11-13-10-14(30-3)6-7-15(13)19(16)20(26)23(29)22(28)24-8-4-5-17(24)21(27)25(18)23/h6-7,9-10,17-18,20,26,29H,4-5,8,11H2,1-3H3/t17-,18-,20-,23+/m0/s1. The lowest BCUT2D eigenvalue weighted by Gasteiger charge is -2.54. The van der Waals surface area contributed by atoms with Gasteiger partial charge in [-0.2, -0.15) is 0 Å². The van der Waals surface area contributed by atoms with Crippen LogP contribution < -0.4 is 4.74 Å². The Kier molecular flexibility index (Phi) is 4.14. The first kappa shape index (κ1) is 19.3. The number of nitrogens with zero attached hydrogens (tertiary/aromatic N) is 2. The van der Waals surface area contributed by atoms with E-state index in [4.69, 9.17) is 4.74 Å². The maximum absolute atomic E-state index is 13.5. The first-order valence-corrected chi connectivity index (χ1v) is 10.4. The van der Waals surface area contributed by atoms with Crippen molar-refractivity contribution in [3.05, 3.63) is 46.5 Å². The number of fused-ring (bicyclic) bond motifs is 4. The number of methoxy groups -OCH3 is 1. The van der Waals surface area contributed by atoms with Crippen LogP contribution in [0.25, 0.3) is 5.57 Å². The molecule has 1 aliphatic carbocycles. The minimum absolute atomic E-state index is 0.295.